The molecule has 1 N–H and O–H groups in total. The number of imidazole rings is 1. The van der Waals surface area contributed by atoms with Gasteiger partial charge < -0.3 is 9.88 Å². The first kappa shape index (κ1) is 11.6. The topological polar surface area (TPSA) is 55.6 Å². The molecule has 5 nitrogen and oxygen atoms in total. The van der Waals surface area contributed by atoms with Crippen LogP contribution in [0.1, 0.15) is 19.5 Å². The van der Waals surface area contributed by atoms with Crippen LogP contribution < -0.4 is 5.32 Å². The van der Waals surface area contributed by atoms with Crippen molar-refractivity contribution in [2.75, 3.05) is 11.9 Å². The molecule has 0 saturated heterocycles. The quantitative estimate of drug-likeness (QED) is 0.875. The summed E-state index contributed by atoms with van der Waals surface area (Å²) in [5, 5.41) is 3.21. The molecule has 2 aromatic heterocycles. The van der Waals surface area contributed by atoms with Gasteiger partial charge in [-0.1, -0.05) is 0 Å². The molecule has 0 atom stereocenters. The minimum atomic E-state index is 0.723. The lowest BCUT2D eigenvalue weighted by atomic mass is 10.3. The number of rotatable bonds is 4. The van der Waals surface area contributed by atoms with Crippen LogP contribution in [0.25, 0.3) is 11.5 Å². The third-order valence-electron chi connectivity index (χ3n) is 2.49. The van der Waals surface area contributed by atoms with E-state index in [9.17, 15) is 0 Å². The third kappa shape index (κ3) is 2.43. The number of nitrogens with zero attached hydrogens (tertiary/aromatic N) is 4. The molecule has 2 heterocycles. The molecule has 0 bridgehead atoms. The smallest absolute Gasteiger partial charge is 0.180 e. The van der Waals surface area contributed by atoms with Gasteiger partial charge in [0.1, 0.15) is 11.5 Å². The molecule has 0 unspecified atom stereocenters. The van der Waals surface area contributed by atoms with Crippen LogP contribution >= 0.6 is 0 Å². The zero-order chi connectivity index (χ0) is 12.3. The van der Waals surface area contributed by atoms with Crippen molar-refractivity contribution in [1.82, 2.24) is 19.5 Å². The maximum absolute atomic E-state index is 4.49. The minimum Gasteiger partial charge on any atom is -0.370 e. The lowest BCUT2D eigenvalue weighted by molar-refractivity contribution is 0.763. The summed E-state index contributed by atoms with van der Waals surface area (Å²) in [5.74, 6) is 1.58. The number of hydrogen-bond donors (Lipinski definition) is 1. The zero-order valence-corrected chi connectivity index (χ0v) is 10.4. The van der Waals surface area contributed by atoms with Gasteiger partial charge in [-0.25, -0.2) is 15.0 Å². The highest BCUT2D eigenvalue weighted by Crippen LogP contribution is 2.17. The molecular formula is C12H17N5. The van der Waals surface area contributed by atoms with E-state index in [-0.39, 0.29) is 0 Å². The first-order valence-electron chi connectivity index (χ1n) is 5.84. The standard InChI is InChI=1S/C12H17N5/c1-4-14-11-6-9(3)15-12(16-11)10-7-13-8-17(10)5-2/h6-8H,4-5H2,1-3H3,(H,14,15,16). The summed E-state index contributed by atoms with van der Waals surface area (Å²) in [7, 11) is 0. The van der Waals surface area contributed by atoms with E-state index in [1.807, 2.05) is 24.5 Å². The zero-order valence-electron chi connectivity index (χ0n) is 10.4. The molecule has 17 heavy (non-hydrogen) atoms. The first-order chi connectivity index (χ1) is 8.24. The second-order valence-corrected chi connectivity index (χ2v) is 3.81. The lowest BCUT2D eigenvalue weighted by Gasteiger charge is -2.08. The van der Waals surface area contributed by atoms with Crippen LogP contribution in [-0.4, -0.2) is 26.1 Å². The second-order valence-electron chi connectivity index (χ2n) is 3.81. The van der Waals surface area contributed by atoms with Crippen LogP contribution in [0.15, 0.2) is 18.6 Å². The molecule has 5 heteroatoms. The van der Waals surface area contributed by atoms with Crippen molar-refractivity contribution in [1.29, 1.82) is 0 Å². The van der Waals surface area contributed by atoms with E-state index in [0.717, 1.165) is 36.1 Å². The average Bonchev–Trinajstić information content (AvgIpc) is 2.76. The Labute approximate surface area is 101 Å². The Morgan fingerprint density at radius 1 is 1.29 bits per heavy atom. The fraction of sp³-hybridized carbons (Fsp3) is 0.417. The van der Waals surface area contributed by atoms with Gasteiger partial charge in [0, 0.05) is 24.8 Å². The number of anilines is 1. The summed E-state index contributed by atoms with van der Waals surface area (Å²) in [6, 6.07) is 1.94. The maximum Gasteiger partial charge on any atom is 0.180 e. The summed E-state index contributed by atoms with van der Waals surface area (Å²) < 4.78 is 2.03. The van der Waals surface area contributed by atoms with Crippen molar-refractivity contribution < 1.29 is 0 Å². The molecular weight excluding hydrogens is 214 g/mol. The maximum atomic E-state index is 4.49. The fourth-order valence-corrected chi connectivity index (χ4v) is 1.71. The number of aromatic nitrogens is 4. The highest BCUT2D eigenvalue weighted by Gasteiger charge is 2.08. The molecule has 0 aliphatic heterocycles. The van der Waals surface area contributed by atoms with E-state index >= 15 is 0 Å². The summed E-state index contributed by atoms with van der Waals surface area (Å²) >= 11 is 0. The van der Waals surface area contributed by atoms with Gasteiger partial charge in [-0.15, -0.1) is 0 Å². The minimum absolute atomic E-state index is 0.723. The van der Waals surface area contributed by atoms with Crippen molar-refractivity contribution in [3.63, 3.8) is 0 Å². The summed E-state index contributed by atoms with van der Waals surface area (Å²) in [4.78, 5) is 13.1. The van der Waals surface area contributed by atoms with E-state index < -0.39 is 0 Å². The SMILES string of the molecule is CCNc1cc(C)nc(-c2cncn2CC)n1. The van der Waals surface area contributed by atoms with Crippen LogP contribution in [0.5, 0.6) is 0 Å². The number of hydrogen-bond acceptors (Lipinski definition) is 4. The normalized spacial score (nSPS) is 10.5. The van der Waals surface area contributed by atoms with Crippen LogP contribution in [0.4, 0.5) is 5.82 Å². The van der Waals surface area contributed by atoms with E-state index in [2.05, 4.69) is 27.2 Å². The number of aryl methyl sites for hydroxylation is 2. The van der Waals surface area contributed by atoms with Crippen LogP contribution in [-0.2, 0) is 6.54 Å². The van der Waals surface area contributed by atoms with Gasteiger partial charge in [-0.05, 0) is 20.8 Å². The van der Waals surface area contributed by atoms with E-state index in [0.29, 0.717) is 0 Å². The van der Waals surface area contributed by atoms with E-state index in [1.54, 1.807) is 12.5 Å². The summed E-state index contributed by atoms with van der Waals surface area (Å²) in [6.07, 6.45) is 3.60. The third-order valence-corrected chi connectivity index (χ3v) is 2.49. The molecule has 0 aromatic carbocycles. The van der Waals surface area contributed by atoms with Gasteiger partial charge in [-0.2, -0.15) is 0 Å². The lowest BCUT2D eigenvalue weighted by Crippen LogP contribution is -2.04. The highest BCUT2D eigenvalue weighted by molar-refractivity contribution is 5.52. The molecule has 0 fully saturated rings. The Balaban J connectivity index is 2.44. The van der Waals surface area contributed by atoms with Gasteiger partial charge in [0.25, 0.3) is 0 Å². The molecule has 0 radical (unpaired) electrons. The Morgan fingerprint density at radius 3 is 2.82 bits per heavy atom. The Morgan fingerprint density at radius 2 is 2.12 bits per heavy atom. The molecule has 0 aliphatic rings. The Hall–Kier alpha value is -1.91. The molecule has 0 aliphatic carbocycles. The Kier molecular flexibility index (Phi) is 3.37. The van der Waals surface area contributed by atoms with Gasteiger partial charge in [-0.3, -0.25) is 0 Å². The Bertz CT molecular complexity index is 503. The van der Waals surface area contributed by atoms with Crippen LogP contribution in [0.2, 0.25) is 0 Å². The largest absolute Gasteiger partial charge is 0.370 e. The van der Waals surface area contributed by atoms with E-state index in [4.69, 9.17) is 0 Å². The molecule has 0 spiro atoms. The van der Waals surface area contributed by atoms with Crippen LogP contribution in [0.3, 0.4) is 0 Å². The van der Waals surface area contributed by atoms with Crippen LogP contribution in [0, 0.1) is 6.92 Å². The van der Waals surface area contributed by atoms with Crippen molar-refractivity contribution in [3.05, 3.63) is 24.3 Å². The fourth-order valence-electron chi connectivity index (χ4n) is 1.71. The predicted octanol–water partition coefficient (Wildman–Crippen LogP) is 2.10. The van der Waals surface area contributed by atoms with Gasteiger partial charge >= 0.3 is 0 Å². The van der Waals surface area contributed by atoms with Gasteiger partial charge in [0.2, 0.25) is 0 Å². The van der Waals surface area contributed by atoms with Crippen molar-refractivity contribution in [2.24, 2.45) is 0 Å². The van der Waals surface area contributed by atoms with Gasteiger partial charge in [0.05, 0.1) is 12.5 Å². The van der Waals surface area contributed by atoms with Crippen molar-refractivity contribution in [2.45, 2.75) is 27.3 Å². The van der Waals surface area contributed by atoms with E-state index in [1.165, 1.54) is 0 Å². The molecule has 2 rings (SSSR count). The van der Waals surface area contributed by atoms with Gasteiger partial charge in [0.15, 0.2) is 5.82 Å². The summed E-state index contributed by atoms with van der Waals surface area (Å²) in [6.45, 7) is 7.81. The first-order valence-corrected chi connectivity index (χ1v) is 5.84. The molecule has 90 valence electrons. The molecule has 0 amide bonds. The average molecular weight is 231 g/mol. The monoisotopic (exact) mass is 231 g/mol. The van der Waals surface area contributed by atoms with Crippen molar-refractivity contribution in [3.8, 4) is 11.5 Å². The number of nitrogens with one attached hydrogen (secondary N) is 1. The molecule has 2 aromatic rings. The highest BCUT2D eigenvalue weighted by atomic mass is 15.1. The van der Waals surface area contributed by atoms with Crippen molar-refractivity contribution >= 4 is 5.82 Å². The molecule has 0 saturated carbocycles. The predicted molar refractivity (Wildman–Crippen MR) is 67.8 cm³/mol. The summed E-state index contributed by atoms with van der Waals surface area (Å²) in [5.41, 5.74) is 1.91. The second kappa shape index (κ2) is 4.95.